The van der Waals surface area contributed by atoms with Gasteiger partial charge in [0.25, 0.3) is 0 Å². The van der Waals surface area contributed by atoms with Crippen LogP contribution >= 0.6 is 0 Å². The van der Waals surface area contributed by atoms with Crippen LogP contribution in [0.5, 0.6) is 0 Å². The molecule has 110 valence electrons. The van der Waals surface area contributed by atoms with Gasteiger partial charge in [-0.1, -0.05) is 41.5 Å². The van der Waals surface area contributed by atoms with Crippen molar-refractivity contribution < 1.29 is 5.11 Å². The molecule has 0 radical (unpaired) electrons. The topological polar surface area (TPSA) is 32.3 Å². The minimum absolute atomic E-state index is 0.343. The van der Waals surface area contributed by atoms with Gasteiger partial charge in [-0.2, -0.15) is 0 Å². The summed E-state index contributed by atoms with van der Waals surface area (Å²) in [6.07, 6.45) is 4.67. The van der Waals surface area contributed by atoms with Crippen molar-refractivity contribution in [1.82, 2.24) is 5.32 Å². The highest BCUT2D eigenvalue weighted by Crippen LogP contribution is 2.25. The highest BCUT2D eigenvalue weighted by Gasteiger charge is 2.15. The first-order chi connectivity index (χ1) is 8.14. The second-order valence-corrected chi connectivity index (χ2v) is 8.03. The summed E-state index contributed by atoms with van der Waals surface area (Å²) >= 11 is 0. The van der Waals surface area contributed by atoms with Crippen molar-refractivity contribution in [2.75, 3.05) is 19.7 Å². The fourth-order valence-corrected chi connectivity index (χ4v) is 1.94. The molecule has 0 rings (SSSR count). The Bertz CT molecular complexity index is 200. The number of hydrogen-bond acceptors (Lipinski definition) is 2. The Morgan fingerprint density at radius 2 is 1.56 bits per heavy atom. The molecule has 0 aliphatic carbocycles. The molecule has 0 fully saturated rings. The molecule has 18 heavy (non-hydrogen) atoms. The Morgan fingerprint density at radius 1 is 0.944 bits per heavy atom. The molecule has 0 heterocycles. The Kier molecular flexibility index (Phi) is 8.13. The predicted octanol–water partition coefficient (Wildman–Crippen LogP) is 3.84. The van der Waals surface area contributed by atoms with Gasteiger partial charge in [0.1, 0.15) is 0 Å². The molecule has 0 saturated heterocycles. The van der Waals surface area contributed by atoms with Gasteiger partial charge in [0.15, 0.2) is 0 Å². The standard InChI is InChI=1S/C16H35NO/c1-15(2,3)10-9-14(12-18)8-7-11-17-13-16(4,5)6/h14,17-18H,7-13H2,1-6H3/t14-/m1/s1. The van der Waals surface area contributed by atoms with E-state index in [1.807, 2.05) is 0 Å². The molecular weight excluding hydrogens is 222 g/mol. The second kappa shape index (κ2) is 8.16. The van der Waals surface area contributed by atoms with Gasteiger partial charge in [0.2, 0.25) is 0 Å². The molecule has 0 aliphatic rings. The van der Waals surface area contributed by atoms with Gasteiger partial charge in [-0.25, -0.2) is 0 Å². The van der Waals surface area contributed by atoms with Crippen molar-refractivity contribution in [2.24, 2.45) is 16.7 Å². The van der Waals surface area contributed by atoms with Gasteiger partial charge in [0.05, 0.1) is 0 Å². The number of aliphatic hydroxyl groups is 1. The van der Waals surface area contributed by atoms with Crippen LogP contribution in [0.4, 0.5) is 0 Å². The van der Waals surface area contributed by atoms with Gasteiger partial charge in [0, 0.05) is 6.61 Å². The van der Waals surface area contributed by atoms with Crippen LogP contribution in [-0.4, -0.2) is 24.8 Å². The van der Waals surface area contributed by atoms with Crippen LogP contribution in [0.25, 0.3) is 0 Å². The highest BCUT2D eigenvalue weighted by molar-refractivity contribution is 4.68. The lowest BCUT2D eigenvalue weighted by Crippen LogP contribution is -2.28. The van der Waals surface area contributed by atoms with E-state index in [0.717, 1.165) is 25.9 Å². The zero-order valence-electron chi connectivity index (χ0n) is 13.5. The minimum atomic E-state index is 0.343. The van der Waals surface area contributed by atoms with Crippen LogP contribution in [0.1, 0.15) is 67.2 Å². The van der Waals surface area contributed by atoms with Crippen LogP contribution in [0, 0.1) is 16.7 Å². The predicted molar refractivity (Wildman–Crippen MR) is 80.8 cm³/mol. The third-order valence-corrected chi connectivity index (χ3v) is 3.18. The molecule has 1 atom stereocenters. The molecule has 2 heteroatoms. The summed E-state index contributed by atoms with van der Waals surface area (Å²) < 4.78 is 0. The summed E-state index contributed by atoms with van der Waals surface area (Å²) in [5.74, 6) is 0.487. The summed E-state index contributed by atoms with van der Waals surface area (Å²) in [4.78, 5) is 0. The van der Waals surface area contributed by atoms with E-state index in [2.05, 4.69) is 46.9 Å². The van der Waals surface area contributed by atoms with E-state index in [4.69, 9.17) is 0 Å². The van der Waals surface area contributed by atoms with Crippen LogP contribution in [0.15, 0.2) is 0 Å². The van der Waals surface area contributed by atoms with Gasteiger partial charge in [-0.15, -0.1) is 0 Å². The summed E-state index contributed by atoms with van der Waals surface area (Å²) in [6.45, 7) is 16.0. The molecule has 0 amide bonds. The Morgan fingerprint density at radius 3 is 2.00 bits per heavy atom. The van der Waals surface area contributed by atoms with E-state index in [-0.39, 0.29) is 0 Å². The first kappa shape index (κ1) is 17.9. The summed E-state index contributed by atoms with van der Waals surface area (Å²) in [5, 5.41) is 12.9. The smallest absolute Gasteiger partial charge is 0.0459 e. The Balaban J connectivity index is 3.62. The number of hydrogen-bond donors (Lipinski definition) is 2. The quantitative estimate of drug-likeness (QED) is 0.648. The Hall–Kier alpha value is -0.0800. The molecule has 0 saturated carbocycles. The number of nitrogens with one attached hydrogen (secondary N) is 1. The molecule has 0 aromatic heterocycles. The first-order valence-corrected chi connectivity index (χ1v) is 7.46. The second-order valence-electron chi connectivity index (χ2n) is 8.03. The molecule has 0 unspecified atom stereocenters. The largest absolute Gasteiger partial charge is 0.396 e. The third kappa shape index (κ3) is 12.4. The monoisotopic (exact) mass is 257 g/mol. The third-order valence-electron chi connectivity index (χ3n) is 3.18. The van der Waals surface area contributed by atoms with Crippen LogP contribution in [0.2, 0.25) is 0 Å². The minimum Gasteiger partial charge on any atom is -0.396 e. The van der Waals surface area contributed by atoms with E-state index < -0.39 is 0 Å². The maximum atomic E-state index is 9.39. The molecule has 2 N–H and O–H groups in total. The summed E-state index contributed by atoms with van der Waals surface area (Å²) in [7, 11) is 0. The van der Waals surface area contributed by atoms with Gasteiger partial charge in [-0.3, -0.25) is 0 Å². The van der Waals surface area contributed by atoms with E-state index in [9.17, 15) is 5.11 Å². The van der Waals surface area contributed by atoms with Crippen LogP contribution in [0.3, 0.4) is 0 Å². The average Bonchev–Trinajstić information content (AvgIpc) is 2.19. The normalized spacial score (nSPS) is 14.8. The fourth-order valence-electron chi connectivity index (χ4n) is 1.94. The molecular formula is C16H35NO. The fraction of sp³-hybridized carbons (Fsp3) is 1.00. The van der Waals surface area contributed by atoms with E-state index in [0.29, 0.717) is 23.4 Å². The number of rotatable bonds is 8. The highest BCUT2D eigenvalue weighted by atomic mass is 16.3. The van der Waals surface area contributed by atoms with Crippen molar-refractivity contribution >= 4 is 0 Å². The van der Waals surface area contributed by atoms with E-state index in [1.54, 1.807) is 0 Å². The average molecular weight is 257 g/mol. The molecule has 0 aromatic rings. The van der Waals surface area contributed by atoms with Crippen LogP contribution in [-0.2, 0) is 0 Å². The van der Waals surface area contributed by atoms with E-state index in [1.165, 1.54) is 12.8 Å². The first-order valence-electron chi connectivity index (χ1n) is 7.46. The zero-order valence-corrected chi connectivity index (χ0v) is 13.5. The van der Waals surface area contributed by atoms with Gasteiger partial charge in [-0.05, 0) is 55.5 Å². The molecule has 0 spiro atoms. The van der Waals surface area contributed by atoms with Crippen molar-refractivity contribution in [2.45, 2.75) is 67.2 Å². The van der Waals surface area contributed by atoms with Crippen molar-refractivity contribution in [3.05, 3.63) is 0 Å². The number of aliphatic hydroxyl groups excluding tert-OH is 1. The van der Waals surface area contributed by atoms with E-state index >= 15 is 0 Å². The molecule has 2 nitrogen and oxygen atoms in total. The maximum Gasteiger partial charge on any atom is 0.0459 e. The SMILES string of the molecule is CC(C)(C)CC[C@H](CO)CCCNCC(C)(C)C. The lowest BCUT2D eigenvalue weighted by atomic mass is 9.85. The van der Waals surface area contributed by atoms with Crippen LogP contribution < -0.4 is 5.32 Å². The lowest BCUT2D eigenvalue weighted by molar-refractivity contribution is 0.190. The molecule has 0 aliphatic heterocycles. The summed E-state index contributed by atoms with van der Waals surface area (Å²) in [6, 6.07) is 0. The molecule has 0 aromatic carbocycles. The maximum absolute atomic E-state index is 9.39. The lowest BCUT2D eigenvalue weighted by Gasteiger charge is -2.22. The van der Waals surface area contributed by atoms with Crippen molar-refractivity contribution in [1.29, 1.82) is 0 Å². The van der Waals surface area contributed by atoms with Crippen molar-refractivity contribution in [3.63, 3.8) is 0 Å². The zero-order chi connectivity index (χ0) is 14.2. The summed E-state index contributed by atoms with van der Waals surface area (Å²) in [5.41, 5.74) is 0.751. The van der Waals surface area contributed by atoms with Gasteiger partial charge >= 0.3 is 0 Å². The van der Waals surface area contributed by atoms with Gasteiger partial charge < -0.3 is 10.4 Å². The molecule has 0 bridgehead atoms. The van der Waals surface area contributed by atoms with Crippen molar-refractivity contribution in [3.8, 4) is 0 Å². The Labute approximate surface area is 115 Å².